The zero-order valence-electron chi connectivity index (χ0n) is 10.9. The number of piperidine rings is 1. The normalized spacial score (nSPS) is 38.4. The summed E-state index contributed by atoms with van der Waals surface area (Å²) in [6, 6.07) is -0.0125. The van der Waals surface area contributed by atoms with Gasteiger partial charge in [-0.2, -0.15) is 0 Å². The minimum Gasteiger partial charge on any atom is -0.394 e. The fourth-order valence-corrected chi connectivity index (χ4v) is 3.12. The highest BCUT2D eigenvalue weighted by Gasteiger charge is 2.38. The van der Waals surface area contributed by atoms with Crippen LogP contribution in [0.4, 0.5) is 0 Å². The van der Waals surface area contributed by atoms with E-state index in [4.69, 9.17) is 0 Å². The summed E-state index contributed by atoms with van der Waals surface area (Å²) in [6.45, 7) is 6.09. The molecule has 0 aliphatic carbocycles. The van der Waals surface area contributed by atoms with Crippen LogP contribution >= 0.6 is 0 Å². The lowest BCUT2D eigenvalue weighted by Gasteiger charge is -2.34. The van der Waals surface area contributed by atoms with Crippen molar-refractivity contribution in [3.05, 3.63) is 0 Å². The molecule has 0 aromatic heterocycles. The Labute approximate surface area is 103 Å². The largest absolute Gasteiger partial charge is 0.394 e. The highest BCUT2D eigenvalue weighted by Crippen LogP contribution is 2.26. The van der Waals surface area contributed by atoms with E-state index in [1.807, 2.05) is 4.90 Å². The first-order valence-corrected chi connectivity index (χ1v) is 6.80. The Morgan fingerprint density at radius 1 is 1.35 bits per heavy atom. The Morgan fingerprint density at radius 2 is 2.12 bits per heavy atom. The standard InChI is InChI=1S/C13H24N2O2/c1-9-5-7-15(11(9)8-16)13(17)12-10(2)4-3-6-14-12/h9-12,14,16H,3-8H2,1-2H3. The zero-order valence-corrected chi connectivity index (χ0v) is 10.9. The van der Waals surface area contributed by atoms with Crippen molar-refractivity contribution in [3.8, 4) is 0 Å². The van der Waals surface area contributed by atoms with Crippen LogP contribution in [-0.4, -0.2) is 47.7 Å². The smallest absolute Gasteiger partial charge is 0.240 e. The number of hydrogen-bond donors (Lipinski definition) is 2. The summed E-state index contributed by atoms with van der Waals surface area (Å²) in [7, 11) is 0. The Hall–Kier alpha value is -0.610. The highest BCUT2D eigenvalue weighted by molar-refractivity contribution is 5.83. The predicted octanol–water partition coefficient (Wildman–Crippen LogP) is 0.604. The van der Waals surface area contributed by atoms with Gasteiger partial charge < -0.3 is 15.3 Å². The Bertz CT molecular complexity index is 283. The quantitative estimate of drug-likeness (QED) is 0.743. The fourth-order valence-electron chi connectivity index (χ4n) is 3.12. The second kappa shape index (κ2) is 5.36. The molecule has 4 heteroatoms. The molecule has 0 aromatic carbocycles. The molecule has 4 unspecified atom stereocenters. The number of carbonyl (C=O) groups is 1. The number of rotatable bonds is 2. The molecular weight excluding hydrogens is 216 g/mol. The Kier molecular flexibility index (Phi) is 4.05. The van der Waals surface area contributed by atoms with Gasteiger partial charge in [0.2, 0.25) is 5.91 Å². The van der Waals surface area contributed by atoms with E-state index >= 15 is 0 Å². The van der Waals surface area contributed by atoms with Crippen molar-refractivity contribution in [3.63, 3.8) is 0 Å². The zero-order chi connectivity index (χ0) is 12.4. The first-order chi connectivity index (χ1) is 8.15. The Morgan fingerprint density at radius 3 is 2.76 bits per heavy atom. The molecule has 4 nitrogen and oxygen atoms in total. The highest BCUT2D eigenvalue weighted by atomic mass is 16.3. The summed E-state index contributed by atoms with van der Waals surface area (Å²) < 4.78 is 0. The van der Waals surface area contributed by atoms with Gasteiger partial charge in [0.1, 0.15) is 0 Å². The van der Waals surface area contributed by atoms with Crippen LogP contribution in [-0.2, 0) is 4.79 Å². The number of aliphatic hydroxyl groups excluding tert-OH is 1. The molecule has 4 atom stereocenters. The van der Waals surface area contributed by atoms with Gasteiger partial charge in [-0.15, -0.1) is 0 Å². The monoisotopic (exact) mass is 240 g/mol. The molecular formula is C13H24N2O2. The summed E-state index contributed by atoms with van der Waals surface area (Å²) in [5, 5.41) is 12.7. The number of carbonyl (C=O) groups excluding carboxylic acids is 1. The van der Waals surface area contributed by atoms with E-state index in [2.05, 4.69) is 19.2 Å². The lowest BCUT2D eigenvalue weighted by molar-refractivity contribution is -0.137. The second-order valence-corrected chi connectivity index (χ2v) is 5.60. The third-order valence-electron chi connectivity index (χ3n) is 4.39. The number of aliphatic hydroxyl groups is 1. The minimum absolute atomic E-state index is 0.0263. The molecule has 2 N–H and O–H groups in total. The van der Waals surface area contributed by atoms with Gasteiger partial charge in [0, 0.05) is 6.54 Å². The van der Waals surface area contributed by atoms with E-state index < -0.39 is 0 Å². The molecule has 1 amide bonds. The van der Waals surface area contributed by atoms with Crippen LogP contribution in [0.5, 0.6) is 0 Å². The molecule has 2 saturated heterocycles. The third kappa shape index (κ3) is 2.47. The van der Waals surface area contributed by atoms with Gasteiger partial charge >= 0.3 is 0 Å². The third-order valence-corrected chi connectivity index (χ3v) is 4.39. The van der Waals surface area contributed by atoms with Gasteiger partial charge in [0.15, 0.2) is 0 Å². The van der Waals surface area contributed by atoms with E-state index in [0.29, 0.717) is 11.8 Å². The van der Waals surface area contributed by atoms with Crippen molar-refractivity contribution in [1.82, 2.24) is 10.2 Å². The van der Waals surface area contributed by atoms with Crippen LogP contribution in [0, 0.1) is 11.8 Å². The maximum Gasteiger partial charge on any atom is 0.240 e. The number of amides is 1. The van der Waals surface area contributed by atoms with Gasteiger partial charge in [-0.25, -0.2) is 0 Å². The maximum absolute atomic E-state index is 12.5. The van der Waals surface area contributed by atoms with Gasteiger partial charge in [-0.3, -0.25) is 4.79 Å². The van der Waals surface area contributed by atoms with Crippen molar-refractivity contribution in [1.29, 1.82) is 0 Å². The number of likely N-dealkylation sites (tertiary alicyclic amines) is 1. The molecule has 0 spiro atoms. The van der Waals surface area contributed by atoms with Gasteiger partial charge in [0.05, 0.1) is 18.7 Å². The molecule has 0 aromatic rings. The average molecular weight is 240 g/mol. The van der Waals surface area contributed by atoms with Crippen LogP contribution in [0.2, 0.25) is 0 Å². The summed E-state index contributed by atoms with van der Waals surface area (Å²) in [5.41, 5.74) is 0. The fraction of sp³-hybridized carbons (Fsp3) is 0.923. The number of hydrogen-bond acceptors (Lipinski definition) is 3. The van der Waals surface area contributed by atoms with Crippen LogP contribution < -0.4 is 5.32 Å². The Balaban J connectivity index is 2.03. The first kappa shape index (κ1) is 12.8. The lowest BCUT2D eigenvalue weighted by Crippen LogP contribution is -2.54. The maximum atomic E-state index is 12.5. The van der Waals surface area contributed by atoms with Crippen LogP contribution in [0.1, 0.15) is 33.1 Å². The van der Waals surface area contributed by atoms with E-state index in [1.54, 1.807) is 0 Å². The van der Waals surface area contributed by atoms with E-state index in [1.165, 1.54) is 0 Å². The summed E-state index contributed by atoms with van der Waals surface area (Å²) in [4.78, 5) is 14.4. The van der Waals surface area contributed by atoms with Gasteiger partial charge in [-0.1, -0.05) is 13.8 Å². The van der Waals surface area contributed by atoms with Crippen LogP contribution in [0.15, 0.2) is 0 Å². The SMILES string of the molecule is CC1CCCNC1C(=O)N1CCC(C)C1CO. The summed E-state index contributed by atoms with van der Waals surface area (Å²) >= 11 is 0. The molecule has 98 valence electrons. The van der Waals surface area contributed by atoms with Crippen molar-refractivity contribution in [2.24, 2.45) is 11.8 Å². The molecule has 2 aliphatic heterocycles. The van der Waals surface area contributed by atoms with Crippen molar-refractivity contribution < 1.29 is 9.90 Å². The van der Waals surface area contributed by atoms with Gasteiger partial charge in [0.25, 0.3) is 0 Å². The number of nitrogens with zero attached hydrogens (tertiary/aromatic N) is 1. The molecule has 2 rings (SSSR count). The van der Waals surface area contributed by atoms with Crippen molar-refractivity contribution >= 4 is 5.91 Å². The first-order valence-electron chi connectivity index (χ1n) is 6.80. The molecule has 17 heavy (non-hydrogen) atoms. The molecule has 0 radical (unpaired) electrons. The second-order valence-electron chi connectivity index (χ2n) is 5.60. The average Bonchev–Trinajstić information content (AvgIpc) is 2.70. The van der Waals surface area contributed by atoms with E-state index in [-0.39, 0.29) is 24.6 Å². The van der Waals surface area contributed by atoms with E-state index in [0.717, 1.165) is 32.4 Å². The van der Waals surface area contributed by atoms with Gasteiger partial charge in [-0.05, 0) is 37.6 Å². The van der Waals surface area contributed by atoms with E-state index in [9.17, 15) is 9.90 Å². The summed E-state index contributed by atoms with van der Waals surface area (Å²) in [6.07, 6.45) is 3.29. The van der Waals surface area contributed by atoms with Crippen LogP contribution in [0.25, 0.3) is 0 Å². The van der Waals surface area contributed by atoms with Crippen molar-refractivity contribution in [2.45, 2.75) is 45.2 Å². The number of nitrogens with one attached hydrogen (secondary N) is 1. The molecule has 0 bridgehead atoms. The molecule has 0 saturated carbocycles. The molecule has 2 aliphatic rings. The van der Waals surface area contributed by atoms with Crippen LogP contribution in [0.3, 0.4) is 0 Å². The minimum atomic E-state index is -0.0388. The van der Waals surface area contributed by atoms with Crippen molar-refractivity contribution in [2.75, 3.05) is 19.7 Å². The topological polar surface area (TPSA) is 52.6 Å². The molecule has 2 heterocycles. The molecule has 2 fully saturated rings. The summed E-state index contributed by atoms with van der Waals surface area (Å²) in [5.74, 6) is 1.02. The predicted molar refractivity (Wildman–Crippen MR) is 66.6 cm³/mol. The lowest BCUT2D eigenvalue weighted by atomic mass is 9.91.